The lowest BCUT2D eigenvalue weighted by molar-refractivity contribution is 0.730. The van der Waals surface area contributed by atoms with Gasteiger partial charge in [-0.15, -0.1) is 0 Å². The van der Waals surface area contributed by atoms with Gasteiger partial charge in [0.2, 0.25) is 0 Å². The van der Waals surface area contributed by atoms with Crippen molar-refractivity contribution in [3.05, 3.63) is 35.4 Å². The molecule has 1 fully saturated rings. The quantitative estimate of drug-likeness (QED) is 0.744. The van der Waals surface area contributed by atoms with Crippen LogP contribution in [0.3, 0.4) is 0 Å². The van der Waals surface area contributed by atoms with Crippen molar-refractivity contribution in [3.8, 4) is 6.07 Å². The van der Waals surface area contributed by atoms with Crippen molar-refractivity contribution >= 4 is 0 Å². The molecule has 84 valence electrons. The first-order chi connectivity index (χ1) is 7.64. The fourth-order valence-corrected chi connectivity index (χ4v) is 2.39. The summed E-state index contributed by atoms with van der Waals surface area (Å²) >= 11 is 0. The van der Waals surface area contributed by atoms with E-state index in [1.165, 1.54) is 17.5 Å². The zero-order valence-corrected chi connectivity index (χ0v) is 10.3. The summed E-state index contributed by atoms with van der Waals surface area (Å²) in [6.45, 7) is 6.61. The molecule has 0 N–H and O–H groups in total. The summed E-state index contributed by atoms with van der Waals surface area (Å²) < 4.78 is 0. The predicted molar refractivity (Wildman–Crippen MR) is 66.2 cm³/mol. The summed E-state index contributed by atoms with van der Waals surface area (Å²) in [6.07, 6.45) is 2.19. The van der Waals surface area contributed by atoms with Crippen LogP contribution < -0.4 is 0 Å². The second-order valence-electron chi connectivity index (χ2n) is 5.12. The fourth-order valence-electron chi connectivity index (χ4n) is 2.39. The summed E-state index contributed by atoms with van der Waals surface area (Å²) in [5, 5.41) is 9.26. The highest BCUT2D eigenvalue weighted by atomic mass is 14.6. The number of hydrogen-bond donors (Lipinski definition) is 0. The molecular formula is C15H19N. The average molecular weight is 213 g/mol. The SMILES string of the molecule is CCC(C)c1ccc(C2(C#N)CC2C)cc1. The predicted octanol–water partition coefficient (Wildman–Crippen LogP) is 4.00. The Labute approximate surface area is 98.1 Å². The normalized spacial score (nSPS) is 29.5. The lowest BCUT2D eigenvalue weighted by Crippen LogP contribution is -2.06. The van der Waals surface area contributed by atoms with Crippen LogP contribution in [0.15, 0.2) is 24.3 Å². The molecule has 1 nitrogen and oxygen atoms in total. The van der Waals surface area contributed by atoms with E-state index in [2.05, 4.69) is 51.1 Å². The van der Waals surface area contributed by atoms with Crippen LogP contribution in [-0.4, -0.2) is 0 Å². The molecule has 2 rings (SSSR count). The minimum Gasteiger partial charge on any atom is -0.197 e. The minimum atomic E-state index is -0.173. The molecule has 1 aromatic rings. The summed E-state index contributed by atoms with van der Waals surface area (Å²) in [5.41, 5.74) is 2.41. The van der Waals surface area contributed by atoms with E-state index in [1.54, 1.807) is 0 Å². The third kappa shape index (κ3) is 1.63. The van der Waals surface area contributed by atoms with Crippen molar-refractivity contribution in [2.24, 2.45) is 5.92 Å². The molecule has 1 saturated carbocycles. The van der Waals surface area contributed by atoms with Crippen molar-refractivity contribution in [2.75, 3.05) is 0 Å². The monoisotopic (exact) mass is 213 g/mol. The van der Waals surface area contributed by atoms with Crippen LogP contribution in [0, 0.1) is 17.2 Å². The van der Waals surface area contributed by atoms with Gasteiger partial charge in [-0.25, -0.2) is 0 Å². The van der Waals surface area contributed by atoms with Crippen LogP contribution in [0.25, 0.3) is 0 Å². The van der Waals surface area contributed by atoms with E-state index in [4.69, 9.17) is 0 Å². The Morgan fingerprint density at radius 3 is 2.38 bits per heavy atom. The van der Waals surface area contributed by atoms with E-state index in [0.717, 1.165) is 6.42 Å². The van der Waals surface area contributed by atoms with Gasteiger partial charge in [-0.2, -0.15) is 5.26 Å². The van der Waals surface area contributed by atoms with Gasteiger partial charge < -0.3 is 0 Å². The molecule has 3 unspecified atom stereocenters. The van der Waals surface area contributed by atoms with Gasteiger partial charge in [0.25, 0.3) is 0 Å². The Morgan fingerprint density at radius 2 is 2.00 bits per heavy atom. The summed E-state index contributed by atoms with van der Waals surface area (Å²) in [6, 6.07) is 11.2. The Hall–Kier alpha value is -1.29. The van der Waals surface area contributed by atoms with Gasteiger partial charge in [0, 0.05) is 0 Å². The smallest absolute Gasteiger partial charge is 0.0851 e. The number of hydrogen-bond acceptors (Lipinski definition) is 1. The highest BCUT2D eigenvalue weighted by Gasteiger charge is 2.53. The topological polar surface area (TPSA) is 23.8 Å². The van der Waals surface area contributed by atoms with Crippen molar-refractivity contribution in [3.63, 3.8) is 0 Å². The van der Waals surface area contributed by atoms with Crippen LogP contribution in [0.1, 0.15) is 50.7 Å². The molecule has 1 aliphatic rings. The first-order valence-corrected chi connectivity index (χ1v) is 6.15. The largest absolute Gasteiger partial charge is 0.197 e. The summed E-state index contributed by atoms with van der Waals surface area (Å²) in [7, 11) is 0. The Bertz CT molecular complexity index is 412. The zero-order chi connectivity index (χ0) is 11.8. The number of nitriles is 1. The van der Waals surface area contributed by atoms with Crippen LogP contribution in [0.2, 0.25) is 0 Å². The average Bonchev–Trinajstić information content (AvgIpc) is 3.01. The second kappa shape index (κ2) is 3.94. The minimum absolute atomic E-state index is 0.173. The molecule has 0 radical (unpaired) electrons. The van der Waals surface area contributed by atoms with Gasteiger partial charge in [-0.05, 0) is 35.8 Å². The Kier molecular flexibility index (Phi) is 2.76. The summed E-state index contributed by atoms with van der Waals surface area (Å²) in [4.78, 5) is 0. The third-order valence-electron chi connectivity index (χ3n) is 4.12. The van der Waals surface area contributed by atoms with Crippen LogP contribution in [-0.2, 0) is 5.41 Å². The van der Waals surface area contributed by atoms with E-state index in [0.29, 0.717) is 11.8 Å². The van der Waals surface area contributed by atoms with Gasteiger partial charge in [0.05, 0.1) is 11.5 Å². The highest BCUT2D eigenvalue weighted by Crippen LogP contribution is 2.53. The lowest BCUT2D eigenvalue weighted by Gasteiger charge is -2.12. The van der Waals surface area contributed by atoms with Crippen molar-refractivity contribution in [2.45, 2.75) is 44.9 Å². The molecule has 0 spiro atoms. The molecule has 1 heteroatoms. The van der Waals surface area contributed by atoms with Crippen LogP contribution in [0.4, 0.5) is 0 Å². The van der Waals surface area contributed by atoms with E-state index in [-0.39, 0.29) is 5.41 Å². The first-order valence-electron chi connectivity index (χ1n) is 6.15. The van der Waals surface area contributed by atoms with Crippen molar-refractivity contribution in [1.82, 2.24) is 0 Å². The highest BCUT2D eigenvalue weighted by molar-refractivity contribution is 5.42. The van der Waals surface area contributed by atoms with E-state index in [9.17, 15) is 5.26 Å². The second-order valence-corrected chi connectivity index (χ2v) is 5.12. The number of benzene rings is 1. The van der Waals surface area contributed by atoms with Crippen molar-refractivity contribution in [1.29, 1.82) is 5.26 Å². The van der Waals surface area contributed by atoms with E-state index < -0.39 is 0 Å². The van der Waals surface area contributed by atoms with E-state index >= 15 is 0 Å². The summed E-state index contributed by atoms with van der Waals surface area (Å²) in [5.74, 6) is 1.13. The van der Waals surface area contributed by atoms with Gasteiger partial charge in [0.1, 0.15) is 0 Å². The van der Waals surface area contributed by atoms with Gasteiger partial charge in [-0.3, -0.25) is 0 Å². The molecule has 0 amide bonds. The number of rotatable bonds is 3. The van der Waals surface area contributed by atoms with Gasteiger partial charge in [0.15, 0.2) is 0 Å². The van der Waals surface area contributed by atoms with Gasteiger partial charge in [-0.1, -0.05) is 45.0 Å². The molecule has 16 heavy (non-hydrogen) atoms. The molecule has 1 aromatic carbocycles. The standard InChI is InChI=1S/C15H19N/c1-4-11(2)13-5-7-14(8-6-13)15(10-16)9-12(15)3/h5-8,11-12H,4,9H2,1-3H3. The van der Waals surface area contributed by atoms with E-state index in [1.807, 2.05) is 0 Å². The van der Waals surface area contributed by atoms with Crippen LogP contribution >= 0.6 is 0 Å². The molecule has 0 aromatic heterocycles. The first kappa shape index (κ1) is 11.2. The maximum atomic E-state index is 9.26. The third-order valence-corrected chi connectivity index (χ3v) is 4.12. The molecule has 0 saturated heterocycles. The molecule has 3 atom stereocenters. The van der Waals surface area contributed by atoms with Crippen molar-refractivity contribution < 1.29 is 0 Å². The van der Waals surface area contributed by atoms with Crippen LogP contribution in [0.5, 0.6) is 0 Å². The molecule has 0 bridgehead atoms. The Balaban J connectivity index is 2.24. The zero-order valence-electron chi connectivity index (χ0n) is 10.3. The fraction of sp³-hybridized carbons (Fsp3) is 0.533. The maximum absolute atomic E-state index is 9.26. The lowest BCUT2D eigenvalue weighted by atomic mass is 9.91. The maximum Gasteiger partial charge on any atom is 0.0851 e. The molecule has 1 aliphatic carbocycles. The number of nitrogens with zero attached hydrogens (tertiary/aromatic N) is 1. The van der Waals surface area contributed by atoms with Gasteiger partial charge >= 0.3 is 0 Å². The molecule has 0 aliphatic heterocycles. The molecular weight excluding hydrogens is 194 g/mol. The Morgan fingerprint density at radius 1 is 1.44 bits per heavy atom. The molecule has 0 heterocycles.